The zero-order valence-electron chi connectivity index (χ0n) is 18.7. The largest absolute Gasteiger partial charge is 0.490 e. The molecule has 1 saturated carbocycles. The third-order valence-corrected chi connectivity index (χ3v) is 7.82. The Kier molecular flexibility index (Phi) is 6.43. The molecule has 2 saturated heterocycles. The van der Waals surface area contributed by atoms with Gasteiger partial charge in [-0.1, -0.05) is 17.7 Å². The summed E-state index contributed by atoms with van der Waals surface area (Å²) in [4.78, 5) is 5.20. The van der Waals surface area contributed by atoms with Gasteiger partial charge in [-0.2, -0.15) is 0 Å². The topological polar surface area (TPSA) is 15.7 Å². The van der Waals surface area contributed by atoms with Crippen molar-refractivity contribution in [3.8, 4) is 5.75 Å². The molecule has 166 valence electrons. The quantitative estimate of drug-likeness (QED) is 0.527. The summed E-state index contributed by atoms with van der Waals surface area (Å²) in [6, 6.07) is 15.0. The van der Waals surface area contributed by atoms with E-state index in [9.17, 15) is 0 Å². The van der Waals surface area contributed by atoms with Crippen LogP contribution >= 0.6 is 11.6 Å². The molecule has 2 aromatic carbocycles. The first-order chi connectivity index (χ1) is 15.1. The number of piperidine rings is 1. The molecule has 0 radical (unpaired) electrons. The molecule has 0 aromatic heterocycles. The molecular weight excluding hydrogens is 404 g/mol. The number of ether oxygens (including phenoxy) is 1. The van der Waals surface area contributed by atoms with Gasteiger partial charge in [0, 0.05) is 43.4 Å². The summed E-state index contributed by atoms with van der Waals surface area (Å²) >= 11 is 5.97. The van der Waals surface area contributed by atoms with E-state index in [0.717, 1.165) is 48.5 Å². The Morgan fingerprint density at radius 3 is 2.32 bits per heavy atom. The van der Waals surface area contributed by atoms with Crippen LogP contribution in [0.5, 0.6) is 5.75 Å². The second kappa shape index (κ2) is 9.42. The van der Waals surface area contributed by atoms with Gasteiger partial charge in [0.2, 0.25) is 0 Å². The summed E-state index contributed by atoms with van der Waals surface area (Å²) < 4.78 is 6.15. The highest BCUT2D eigenvalue weighted by Gasteiger charge is 2.33. The van der Waals surface area contributed by atoms with Gasteiger partial charge in [-0.05, 0) is 105 Å². The van der Waals surface area contributed by atoms with Crippen LogP contribution in [-0.4, -0.2) is 43.7 Å². The zero-order chi connectivity index (χ0) is 21.2. The molecule has 3 nitrogen and oxygen atoms in total. The highest BCUT2D eigenvalue weighted by molar-refractivity contribution is 6.30. The molecule has 0 spiro atoms. The molecule has 2 heterocycles. The van der Waals surface area contributed by atoms with Crippen LogP contribution in [0.4, 0.5) is 5.69 Å². The molecule has 3 aliphatic rings. The number of nitrogens with zero attached hydrogens (tertiary/aromatic N) is 2. The Balaban J connectivity index is 1.06. The summed E-state index contributed by atoms with van der Waals surface area (Å²) in [6.07, 6.45) is 7.97. The van der Waals surface area contributed by atoms with E-state index in [-0.39, 0.29) is 0 Å². The third-order valence-electron chi connectivity index (χ3n) is 7.57. The van der Waals surface area contributed by atoms with Crippen LogP contribution in [0.1, 0.15) is 55.6 Å². The maximum absolute atomic E-state index is 6.15. The Bertz CT molecular complexity index is 863. The average Bonchev–Trinajstić information content (AvgIpc) is 3.29. The summed E-state index contributed by atoms with van der Waals surface area (Å²) in [5, 5.41) is 0.763. The number of halogens is 1. The minimum atomic E-state index is 0.336. The Morgan fingerprint density at radius 2 is 1.65 bits per heavy atom. The van der Waals surface area contributed by atoms with E-state index in [1.54, 1.807) is 5.56 Å². The van der Waals surface area contributed by atoms with Gasteiger partial charge in [0.1, 0.15) is 11.9 Å². The summed E-state index contributed by atoms with van der Waals surface area (Å²) in [6.45, 7) is 8.34. The number of benzene rings is 2. The van der Waals surface area contributed by atoms with Crippen LogP contribution in [0.25, 0.3) is 0 Å². The maximum Gasteiger partial charge on any atom is 0.119 e. The van der Waals surface area contributed by atoms with Crippen LogP contribution in [0.15, 0.2) is 42.5 Å². The summed E-state index contributed by atoms with van der Waals surface area (Å²) in [7, 11) is 0. The van der Waals surface area contributed by atoms with E-state index < -0.39 is 0 Å². The summed E-state index contributed by atoms with van der Waals surface area (Å²) in [5.74, 6) is 2.57. The van der Waals surface area contributed by atoms with E-state index in [1.165, 1.54) is 56.6 Å². The van der Waals surface area contributed by atoms with Crippen molar-refractivity contribution in [2.75, 3.05) is 37.6 Å². The first kappa shape index (κ1) is 21.2. The Morgan fingerprint density at radius 1 is 0.935 bits per heavy atom. The highest BCUT2D eigenvalue weighted by atomic mass is 35.5. The molecule has 0 amide bonds. The predicted octanol–water partition coefficient (Wildman–Crippen LogP) is 6.29. The number of rotatable bonds is 6. The first-order valence-corrected chi connectivity index (χ1v) is 12.5. The van der Waals surface area contributed by atoms with Crippen molar-refractivity contribution in [2.45, 2.75) is 57.5 Å². The van der Waals surface area contributed by atoms with Crippen molar-refractivity contribution < 1.29 is 4.74 Å². The smallest absolute Gasteiger partial charge is 0.119 e. The SMILES string of the molecule is Cc1cc(N2CCCC2)ccc1[C@H]1C[C@H](CN2CCC(Oc3ccc(Cl)cc3)CC2)C1. The molecule has 0 bridgehead atoms. The number of hydrogen-bond acceptors (Lipinski definition) is 3. The molecule has 0 N–H and O–H groups in total. The van der Waals surface area contributed by atoms with Gasteiger partial charge >= 0.3 is 0 Å². The molecule has 2 aromatic rings. The van der Waals surface area contributed by atoms with Gasteiger partial charge in [-0.3, -0.25) is 0 Å². The Labute approximate surface area is 192 Å². The van der Waals surface area contributed by atoms with Crippen LogP contribution in [0, 0.1) is 12.8 Å². The van der Waals surface area contributed by atoms with Crippen molar-refractivity contribution in [2.24, 2.45) is 5.92 Å². The molecule has 31 heavy (non-hydrogen) atoms. The van der Waals surface area contributed by atoms with Gasteiger partial charge < -0.3 is 14.5 Å². The van der Waals surface area contributed by atoms with Gasteiger partial charge in [-0.25, -0.2) is 0 Å². The first-order valence-electron chi connectivity index (χ1n) is 12.1. The zero-order valence-corrected chi connectivity index (χ0v) is 19.5. The lowest BCUT2D eigenvalue weighted by Crippen LogP contribution is -2.42. The maximum atomic E-state index is 6.15. The molecule has 2 aliphatic heterocycles. The lowest BCUT2D eigenvalue weighted by Gasteiger charge is -2.41. The van der Waals surface area contributed by atoms with Crippen molar-refractivity contribution in [1.82, 2.24) is 4.90 Å². The minimum Gasteiger partial charge on any atom is -0.490 e. The van der Waals surface area contributed by atoms with Crippen molar-refractivity contribution in [3.05, 3.63) is 58.6 Å². The predicted molar refractivity (Wildman–Crippen MR) is 130 cm³/mol. The average molecular weight is 439 g/mol. The molecular formula is C27H35ClN2O. The fraction of sp³-hybridized carbons (Fsp3) is 0.556. The van der Waals surface area contributed by atoms with Gasteiger partial charge in [0.05, 0.1) is 0 Å². The van der Waals surface area contributed by atoms with Crippen LogP contribution in [0.2, 0.25) is 5.02 Å². The summed E-state index contributed by atoms with van der Waals surface area (Å²) in [5.41, 5.74) is 4.51. The van der Waals surface area contributed by atoms with E-state index in [0.29, 0.717) is 6.10 Å². The lowest BCUT2D eigenvalue weighted by atomic mass is 9.70. The fourth-order valence-electron chi connectivity index (χ4n) is 5.71. The highest BCUT2D eigenvalue weighted by Crippen LogP contribution is 2.44. The monoisotopic (exact) mass is 438 g/mol. The van der Waals surface area contributed by atoms with Gasteiger partial charge in [0.25, 0.3) is 0 Å². The van der Waals surface area contributed by atoms with Crippen molar-refractivity contribution >= 4 is 17.3 Å². The molecule has 0 atom stereocenters. The standard InChI is InChI=1S/C27H35ClN2O/c1-20-16-24(30-12-2-3-13-30)6-9-27(20)22-17-21(18-22)19-29-14-10-26(11-15-29)31-25-7-4-23(28)5-8-25/h4-9,16,21-22,26H,2-3,10-15,17-19H2,1H3/t21-,22-. The van der Waals surface area contributed by atoms with Crippen LogP contribution in [0.3, 0.4) is 0 Å². The van der Waals surface area contributed by atoms with E-state index >= 15 is 0 Å². The Hall–Kier alpha value is -1.71. The molecule has 3 fully saturated rings. The normalized spacial score (nSPS) is 24.9. The van der Waals surface area contributed by atoms with E-state index in [1.807, 2.05) is 24.3 Å². The second-order valence-electron chi connectivity index (χ2n) is 9.84. The van der Waals surface area contributed by atoms with Gasteiger partial charge in [-0.15, -0.1) is 0 Å². The van der Waals surface area contributed by atoms with E-state index in [2.05, 4.69) is 34.9 Å². The fourth-order valence-corrected chi connectivity index (χ4v) is 5.84. The lowest BCUT2D eigenvalue weighted by molar-refractivity contribution is 0.0759. The van der Waals surface area contributed by atoms with Crippen molar-refractivity contribution in [1.29, 1.82) is 0 Å². The molecule has 1 aliphatic carbocycles. The number of hydrogen-bond donors (Lipinski definition) is 0. The molecule has 0 unspecified atom stereocenters. The molecule has 4 heteroatoms. The number of aryl methyl sites for hydroxylation is 1. The molecule has 5 rings (SSSR count). The second-order valence-corrected chi connectivity index (χ2v) is 10.3. The van der Waals surface area contributed by atoms with Crippen LogP contribution in [-0.2, 0) is 0 Å². The number of likely N-dealkylation sites (tertiary alicyclic amines) is 1. The van der Waals surface area contributed by atoms with Crippen LogP contribution < -0.4 is 9.64 Å². The van der Waals surface area contributed by atoms with Gasteiger partial charge in [0.15, 0.2) is 0 Å². The number of anilines is 1. The third kappa shape index (κ3) is 5.04. The van der Waals surface area contributed by atoms with Crippen molar-refractivity contribution in [3.63, 3.8) is 0 Å². The van der Waals surface area contributed by atoms with E-state index in [4.69, 9.17) is 16.3 Å². The minimum absolute atomic E-state index is 0.336.